The van der Waals surface area contributed by atoms with Crippen molar-refractivity contribution in [2.45, 2.75) is 25.5 Å². The Morgan fingerprint density at radius 3 is 2.71 bits per heavy atom. The third-order valence-electron chi connectivity index (χ3n) is 3.77. The highest BCUT2D eigenvalue weighted by atomic mass is 19.1. The minimum Gasteiger partial charge on any atom is -0.469 e. The van der Waals surface area contributed by atoms with Crippen molar-refractivity contribution in [1.29, 1.82) is 0 Å². The summed E-state index contributed by atoms with van der Waals surface area (Å²) >= 11 is 0. The smallest absolute Gasteiger partial charge is 0.257 e. The Kier molecular flexibility index (Phi) is 3.51. The lowest BCUT2D eigenvalue weighted by Gasteiger charge is -2.24. The fraction of sp³-hybridized carbons (Fsp3) is 0.312. The van der Waals surface area contributed by atoms with Gasteiger partial charge in [0.25, 0.3) is 5.91 Å². The molecule has 1 aromatic carbocycles. The number of aryl methyl sites for hydroxylation is 1. The van der Waals surface area contributed by atoms with Crippen molar-refractivity contribution >= 4 is 5.91 Å². The molecule has 4 nitrogen and oxygen atoms in total. The van der Waals surface area contributed by atoms with Crippen molar-refractivity contribution < 1.29 is 18.7 Å². The average molecular weight is 289 g/mol. The highest BCUT2D eigenvalue weighted by Crippen LogP contribution is 2.33. The summed E-state index contributed by atoms with van der Waals surface area (Å²) in [5.41, 5.74) is 1.29. The molecule has 1 saturated heterocycles. The molecule has 0 spiro atoms. The number of nitrogens with zero attached hydrogens (tertiary/aromatic N) is 1. The van der Waals surface area contributed by atoms with E-state index in [9.17, 15) is 14.3 Å². The van der Waals surface area contributed by atoms with Crippen molar-refractivity contribution in [3.05, 3.63) is 59.3 Å². The SMILES string of the molecule is Cc1cc(C(=O)N2C[C@@H](O)C[C@@H]2c2ccc(F)cc2)co1. The number of hydrogen-bond donors (Lipinski definition) is 1. The maximum atomic E-state index is 13.0. The van der Waals surface area contributed by atoms with Gasteiger partial charge in [0.05, 0.1) is 17.7 Å². The number of rotatable bonds is 2. The summed E-state index contributed by atoms with van der Waals surface area (Å²) in [6, 6.07) is 7.46. The van der Waals surface area contributed by atoms with Crippen LogP contribution in [0.1, 0.15) is 34.1 Å². The van der Waals surface area contributed by atoms with E-state index in [1.54, 1.807) is 30.0 Å². The van der Waals surface area contributed by atoms with Crippen LogP contribution in [0.15, 0.2) is 41.0 Å². The highest BCUT2D eigenvalue weighted by Gasteiger charge is 2.36. The van der Waals surface area contributed by atoms with Crippen molar-refractivity contribution in [3.8, 4) is 0 Å². The van der Waals surface area contributed by atoms with E-state index in [1.807, 2.05) is 0 Å². The van der Waals surface area contributed by atoms with Crippen molar-refractivity contribution in [2.24, 2.45) is 0 Å². The van der Waals surface area contributed by atoms with Crippen molar-refractivity contribution in [1.82, 2.24) is 4.90 Å². The van der Waals surface area contributed by atoms with E-state index in [4.69, 9.17) is 4.42 Å². The minimum atomic E-state index is -0.572. The molecule has 1 fully saturated rings. The van der Waals surface area contributed by atoms with E-state index in [-0.39, 0.29) is 24.3 Å². The van der Waals surface area contributed by atoms with Gasteiger partial charge in [-0.3, -0.25) is 4.79 Å². The maximum absolute atomic E-state index is 13.0. The Hall–Kier alpha value is -2.14. The molecule has 2 heterocycles. The van der Waals surface area contributed by atoms with Crippen molar-refractivity contribution in [2.75, 3.05) is 6.54 Å². The van der Waals surface area contributed by atoms with Gasteiger partial charge in [0.1, 0.15) is 17.8 Å². The van der Waals surface area contributed by atoms with Crippen LogP contribution >= 0.6 is 0 Å². The Balaban J connectivity index is 1.88. The Bertz CT molecular complexity index is 650. The second kappa shape index (κ2) is 5.33. The second-order valence-electron chi connectivity index (χ2n) is 5.36. The van der Waals surface area contributed by atoms with Gasteiger partial charge in [-0.05, 0) is 37.1 Å². The summed E-state index contributed by atoms with van der Waals surface area (Å²) in [6.07, 6.45) is 1.30. The first-order chi connectivity index (χ1) is 10.0. The molecule has 2 aromatic rings. The zero-order valence-corrected chi connectivity index (χ0v) is 11.6. The molecular weight excluding hydrogens is 273 g/mol. The van der Waals surface area contributed by atoms with Crippen LogP contribution in [-0.4, -0.2) is 28.6 Å². The molecular formula is C16H16FNO3. The van der Waals surface area contributed by atoms with E-state index in [0.717, 1.165) is 5.56 Å². The van der Waals surface area contributed by atoms with Crippen LogP contribution < -0.4 is 0 Å². The third-order valence-corrected chi connectivity index (χ3v) is 3.77. The summed E-state index contributed by atoms with van der Waals surface area (Å²) in [5.74, 6) is 0.162. The number of carbonyl (C=O) groups excluding carboxylic acids is 1. The molecule has 1 N–H and O–H groups in total. The summed E-state index contributed by atoms with van der Waals surface area (Å²) in [4.78, 5) is 14.2. The number of furan rings is 1. The predicted molar refractivity (Wildman–Crippen MR) is 74.2 cm³/mol. The van der Waals surface area contributed by atoms with Crippen LogP contribution in [0.5, 0.6) is 0 Å². The first kappa shape index (κ1) is 13.8. The molecule has 3 rings (SSSR count). The first-order valence-electron chi connectivity index (χ1n) is 6.84. The molecule has 0 bridgehead atoms. The van der Waals surface area contributed by atoms with Crippen LogP contribution in [-0.2, 0) is 0 Å². The lowest BCUT2D eigenvalue weighted by Crippen LogP contribution is -2.31. The summed E-state index contributed by atoms with van der Waals surface area (Å²) in [7, 11) is 0. The van der Waals surface area contributed by atoms with Crippen LogP contribution in [0, 0.1) is 12.7 Å². The summed E-state index contributed by atoms with van der Waals surface area (Å²) < 4.78 is 18.2. The van der Waals surface area contributed by atoms with Gasteiger partial charge in [0, 0.05) is 6.54 Å². The number of amides is 1. The predicted octanol–water partition coefficient (Wildman–Crippen LogP) is 2.68. The van der Waals surface area contributed by atoms with Gasteiger partial charge in [-0.2, -0.15) is 0 Å². The molecule has 1 aromatic heterocycles. The molecule has 1 aliphatic heterocycles. The molecule has 1 amide bonds. The monoisotopic (exact) mass is 289 g/mol. The molecule has 0 unspecified atom stereocenters. The normalized spacial score (nSPS) is 21.8. The number of benzene rings is 1. The van der Waals surface area contributed by atoms with E-state index in [1.165, 1.54) is 18.4 Å². The van der Waals surface area contributed by atoms with Crippen molar-refractivity contribution in [3.63, 3.8) is 0 Å². The standard InChI is InChI=1S/C16H16FNO3/c1-10-6-12(9-21-10)16(20)18-8-14(19)7-15(18)11-2-4-13(17)5-3-11/h2-6,9,14-15,19H,7-8H2,1H3/t14-,15+/m0/s1. The van der Waals surface area contributed by atoms with E-state index in [0.29, 0.717) is 17.7 Å². The zero-order chi connectivity index (χ0) is 15.0. The second-order valence-corrected chi connectivity index (χ2v) is 5.36. The van der Waals surface area contributed by atoms with Crippen LogP contribution in [0.3, 0.4) is 0 Å². The van der Waals surface area contributed by atoms with Gasteiger partial charge < -0.3 is 14.4 Å². The minimum absolute atomic E-state index is 0.183. The number of carbonyl (C=O) groups is 1. The number of aliphatic hydroxyl groups is 1. The van der Waals surface area contributed by atoms with Gasteiger partial charge in [-0.25, -0.2) is 4.39 Å². The van der Waals surface area contributed by atoms with Gasteiger partial charge in [-0.1, -0.05) is 12.1 Å². The van der Waals surface area contributed by atoms with E-state index < -0.39 is 6.10 Å². The zero-order valence-electron chi connectivity index (χ0n) is 11.6. The third kappa shape index (κ3) is 2.69. The van der Waals surface area contributed by atoms with E-state index >= 15 is 0 Å². The fourth-order valence-electron chi connectivity index (χ4n) is 2.76. The first-order valence-corrected chi connectivity index (χ1v) is 6.84. The van der Waals surface area contributed by atoms with Crippen LogP contribution in [0.4, 0.5) is 4.39 Å². The Labute approximate surface area is 121 Å². The number of aliphatic hydroxyl groups excluding tert-OH is 1. The Morgan fingerprint density at radius 1 is 1.38 bits per heavy atom. The van der Waals surface area contributed by atoms with E-state index in [2.05, 4.69) is 0 Å². The lowest BCUT2D eigenvalue weighted by atomic mass is 10.0. The van der Waals surface area contributed by atoms with Crippen LogP contribution in [0.25, 0.3) is 0 Å². The molecule has 0 aliphatic carbocycles. The number of halogens is 1. The summed E-state index contributed by atoms with van der Waals surface area (Å²) in [6.45, 7) is 2.04. The van der Waals surface area contributed by atoms with Gasteiger partial charge in [0.15, 0.2) is 0 Å². The van der Waals surface area contributed by atoms with Crippen LogP contribution in [0.2, 0.25) is 0 Å². The van der Waals surface area contributed by atoms with Gasteiger partial charge in [0.2, 0.25) is 0 Å². The van der Waals surface area contributed by atoms with Gasteiger partial charge in [-0.15, -0.1) is 0 Å². The maximum Gasteiger partial charge on any atom is 0.257 e. The quantitative estimate of drug-likeness (QED) is 0.924. The highest BCUT2D eigenvalue weighted by molar-refractivity contribution is 5.94. The fourth-order valence-corrected chi connectivity index (χ4v) is 2.76. The number of likely N-dealkylation sites (tertiary alicyclic amines) is 1. The molecule has 2 atom stereocenters. The largest absolute Gasteiger partial charge is 0.469 e. The Morgan fingerprint density at radius 2 is 2.10 bits per heavy atom. The molecule has 0 saturated carbocycles. The summed E-state index contributed by atoms with van der Waals surface area (Å²) in [5, 5.41) is 9.90. The van der Waals surface area contributed by atoms with Gasteiger partial charge >= 0.3 is 0 Å². The molecule has 1 aliphatic rings. The number of hydrogen-bond acceptors (Lipinski definition) is 3. The average Bonchev–Trinajstić information content (AvgIpc) is 3.05. The molecule has 0 radical (unpaired) electrons. The molecule has 21 heavy (non-hydrogen) atoms. The number of β-amino-alcohol motifs (C(OH)–C–C–N with tert-alkyl or cyclic N) is 1. The molecule has 5 heteroatoms. The molecule has 110 valence electrons. The topological polar surface area (TPSA) is 53.7 Å². The lowest BCUT2D eigenvalue weighted by molar-refractivity contribution is 0.0715.